The summed E-state index contributed by atoms with van der Waals surface area (Å²) in [6, 6.07) is 11.7. The molecule has 0 unspecified atom stereocenters. The summed E-state index contributed by atoms with van der Waals surface area (Å²) in [4.78, 5) is 18.7. The number of benzene rings is 1. The molecule has 144 valence electrons. The predicted molar refractivity (Wildman–Crippen MR) is 112 cm³/mol. The van der Waals surface area contributed by atoms with Crippen molar-refractivity contribution in [2.45, 2.75) is 19.8 Å². The van der Waals surface area contributed by atoms with E-state index < -0.39 is 0 Å². The second-order valence-corrected chi connectivity index (χ2v) is 7.97. The van der Waals surface area contributed by atoms with Gasteiger partial charge in [0.25, 0.3) is 0 Å². The summed E-state index contributed by atoms with van der Waals surface area (Å²) in [6.45, 7) is 3.15. The van der Waals surface area contributed by atoms with Gasteiger partial charge in [0.1, 0.15) is 5.75 Å². The predicted octanol–water partition coefficient (Wildman–Crippen LogP) is 3.82. The fraction of sp³-hybridized carbons (Fsp3) is 0.250. The summed E-state index contributed by atoms with van der Waals surface area (Å²) in [5, 5.41) is 11.7. The van der Waals surface area contributed by atoms with Gasteiger partial charge in [-0.15, -0.1) is 27.8 Å². The third-order valence-electron chi connectivity index (χ3n) is 4.19. The lowest BCUT2D eigenvalue weighted by Crippen LogP contribution is -2.27. The molecule has 0 bridgehead atoms. The molecule has 0 spiro atoms. The van der Waals surface area contributed by atoms with Crippen molar-refractivity contribution in [1.82, 2.24) is 19.9 Å². The fourth-order valence-electron chi connectivity index (χ4n) is 2.85. The van der Waals surface area contributed by atoms with Crippen molar-refractivity contribution in [3.05, 3.63) is 58.4 Å². The third-order valence-corrected chi connectivity index (χ3v) is 5.92. The maximum atomic E-state index is 12.2. The number of fused-ring (bicyclic) bond motifs is 1. The fourth-order valence-corrected chi connectivity index (χ4v) is 4.36. The number of carbonyl (C=O) groups excluding carboxylic acids is 1. The molecule has 8 heteroatoms. The van der Waals surface area contributed by atoms with Crippen LogP contribution in [0.2, 0.25) is 0 Å². The normalized spacial score (nSPS) is 11.0. The van der Waals surface area contributed by atoms with E-state index in [9.17, 15) is 4.79 Å². The van der Waals surface area contributed by atoms with Gasteiger partial charge in [0, 0.05) is 18.3 Å². The Morgan fingerprint density at radius 3 is 2.82 bits per heavy atom. The minimum absolute atomic E-state index is 0.00787. The summed E-state index contributed by atoms with van der Waals surface area (Å²) >= 11 is 3.20. The number of thiophene rings is 1. The Labute approximate surface area is 170 Å². The molecule has 0 aliphatic heterocycles. The molecular formula is C20H20N4O2S2. The van der Waals surface area contributed by atoms with E-state index in [-0.39, 0.29) is 5.91 Å². The number of amides is 1. The Morgan fingerprint density at radius 1 is 1.21 bits per heavy atom. The van der Waals surface area contributed by atoms with Gasteiger partial charge in [-0.2, -0.15) is 4.98 Å². The number of rotatable bonds is 8. The van der Waals surface area contributed by atoms with Crippen LogP contribution in [0.4, 0.5) is 0 Å². The zero-order valence-electron chi connectivity index (χ0n) is 15.4. The quantitative estimate of drug-likeness (QED) is 0.478. The van der Waals surface area contributed by atoms with Crippen LogP contribution in [-0.2, 0) is 17.6 Å². The van der Waals surface area contributed by atoms with Crippen molar-refractivity contribution >= 4 is 33.5 Å². The van der Waals surface area contributed by atoms with E-state index in [0.29, 0.717) is 26.0 Å². The molecular weight excluding hydrogens is 392 g/mol. The van der Waals surface area contributed by atoms with Gasteiger partial charge in [0.05, 0.1) is 23.6 Å². The smallest absolute Gasteiger partial charge is 0.224 e. The standard InChI is InChI=1S/C20H20N4O2S2/c1-2-26-16-7-5-14(6-8-16)12-18(25)21-10-9-15-13-28-20-22-19(23-24(15)20)17-4-3-11-27-17/h3-8,11,13H,2,9-10,12H2,1H3,(H,21,25). The van der Waals surface area contributed by atoms with Crippen LogP contribution in [0.3, 0.4) is 0 Å². The van der Waals surface area contributed by atoms with Crippen molar-refractivity contribution in [2.75, 3.05) is 13.2 Å². The van der Waals surface area contributed by atoms with Crippen molar-refractivity contribution in [1.29, 1.82) is 0 Å². The number of aromatic nitrogens is 3. The van der Waals surface area contributed by atoms with Crippen molar-refractivity contribution in [2.24, 2.45) is 0 Å². The molecule has 0 fully saturated rings. The zero-order chi connectivity index (χ0) is 19.3. The average molecular weight is 413 g/mol. The molecule has 6 nitrogen and oxygen atoms in total. The lowest BCUT2D eigenvalue weighted by Gasteiger charge is -2.06. The minimum Gasteiger partial charge on any atom is -0.494 e. The van der Waals surface area contributed by atoms with E-state index >= 15 is 0 Å². The number of hydrogen-bond donors (Lipinski definition) is 1. The van der Waals surface area contributed by atoms with Crippen LogP contribution in [0.1, 0.15) is 18.2 Å². The van der Waals surface area contributed by atoms with Gasteiger partial charge in [-0.05, 0) is 36.1 Å². The van der Waals surface area contributed by atoms with Gasteiger partial charge in [0.2, 0.25) is 10.9 Å². The Kier molecular flexibility index (Phi) is 5.68. The van der Waals surface area contributed by atoms with Crippen LogP contribution in [-0.4, -0.2) is 33.7 Å². The summed E-state index contributed by atoms with van der Waals surface area (Å²) in [5.41, 5.74) is 2.02. The van der Waals surface area contributed by atoms with Gasteiger partial charge in [-0.25, -0.2) is 4.52 Å². The summed E-state index contributed by atoms with van der Waals surface area (Å²) in [6.07, 6.45) is 1.07. The summed E-state index contributed by atoms with van der Waals surface area (Å²) in [5.74, 6) is 1.58. The first kappa shape index (κ1) is 18.6. The first-order valence-electron chi connectivity index (χ1n) is 9.08. The maximum Gasteiger partial charge on any atom is 0.224 e. The van der Waals surface area contributed by atoms with Gasteiger partial charge in [-0.3, -0.25) is 4.79 Å². The van der Waals surface area contributed by atoms with Crippen molar-refractivity contribution < 1.29 is 9.53 Å². The van der Waals surface area contributed by atoms with Crippen molar-refractivity contribution in [3.8, 4) is 16.5 Å². The van der Waals surface area contributed by atoms with E-state index in [0.717, 1.165) is 32.7 Å². The van der Waals surface area contributed by atoms with Crippen molar-refractivity contribution in [3.63, 3.8) is 0 Å². The monoisotopic (exact) mass is 412 g/mol. The van der Waals surface area contributed by atoms with Crippen LogP contribution in [0.25, 0.3) is 15.7 Å². The average Bonchev–Trinajstić information content (AvgIpc) is 3.41. The maximum absolute atomic E-state index is 12.2. The van der Waals surface area contributed by atoms with Crippen LogP contribution >= 0.6 is 22.7 Å². The molecule has 3 aromatic heterocycles. The lowest BCUT2D eigenvalue weighted by molar-refractivity contribution is -0.120. The SMILES string of the molecule is CCOc1ccc(CC(=O)NCCc2csc3nc(-c4cccs4)nn23)cc1. The number of thiazole rings is 1. The highest BCUT2D eigenvalue weighted by atomic mass is 32.1. The van der Waals surface area contributed by atoms with Crippen LogP contribution < -0.4 is 10.1 Å². The second-order valence-electron chi connectivity index (χ2n) is 6.19. The second kappa shape index (κ2) is 8.53. The van der Waals surface area contributed by atoms with Gasteiger partial charge < -0.3 is 10.1 Å². The number of carbonyl (C=O) groups is 1. The molecule has 1 N–H and O–H groups in total. The van der Waals surface area contributed by atoms with E-state index in [1.807, 2.05) is 58.6 Å². The molecule has 0 aliphatic rings. The highest BCUT2D eigenvalue weighted by Gasteiger charge is 2.12. The highest BCUT2D eigenvalue weighted by molar-refractivity contribution is 7.15. The molecule has 3 heterocycles. The molecule has 0 radical (unpaired) electrons. The molecule has 1 amide bonds. The highest BCUT2D eigenvalue weighted by Crippen LogP contribution is 2.24. The molecule has 0 aliphatic carbocycles. The van der Waals surface area contributed by atoms with E-state index in [1.54, 1.807) is 22.7 Å². The molecule has 0 saturated heterocycles. The Balaban J connectivity index is 1.31. The van der Waals surface area contributed by atoms with E-state index in [2.05, 4.69) is 15.4 Å². The largest absolute Gasteiger partial charge is 0.494 e. The summed E-state index contributed by atoms with van der Waals surface area (Å²) < 4.78 is 7.29. The Morgan fingerprint density at radius 2 is 2.07 bits per heavy atom. The molecule has 4 aromatic rings. The third kappa shape index (κ3) is 4.23. The van der Waals surface area contributed by atoms with E-state index in [1.165, 1.54) is 0 Å². The van der Waals surface area contributed by atoms with Crippen LogP contribution in [0.15, 0.2) is 47.2 Å². The van der Waals surface area contributed by atoms with E-state index in [4.69, 9.17) is 4.74 Å². The number of nitrogens with zero attached hydrogens (tertiary/aromatic N) is 3. The van der Waals surface area contributed by atoms with Crippen LogP contribution in [0, 0.1) is 0 Å². The minimum atomic E-state index is 0.00787. The molecule has 1 aromatic carbocycles. The molecule has 4 rings (SSSR count). The topological polar surface area (TPSA) is 68.5 Å². The van der Waals surface area contributed by atoms with Crippen LogP contribution in [0.5, 0.6) is 5.75 Å². The number of nitrogens with one attached hydrogen (secondary N) is 1. The first-order valence-corrected chi connectivity index (χ1v) is 10.8. The number of hydrogen-bond acceptors (Lipinski definition) is 6. The van der Waals surface area contributed by atoms with Gasteiger partial charge in [-0.1, -0.05) is 18.2 Å². The molecule has 28 heavy (non-hydrogen) atoms. The van der Waals surface area contributed by atoms with Gasteiger partial charge >= 0.3 is 0 Å². The first-order chi connectivity index (χ1) is 13.7. The number of ether oxygens (including phenoxy) is 1. The zero-order valence-corrected chi connectivity index (χ0v) is 17.1. The Hall–Kier alpha value is -2.71. The molecule has 0 atom stereocenters. The Bertz CT molecular complexity index is 1050. The summed E-state index contributed by atoms with van der Waals surface area (Å²) in [7, 11) is 0. The lowest BCUT2D eigenvalue weighted by atomic mass is 10.1. The molecule has 0 saturated carbocycles. The van der Waals surface area contributed by atoms with Gasteiger partial charge in [0.15, 0.2) is 5.82 Å².